The lowest BCUT2D eigenvalue weighted by atomic mass is 10.1. The zero-order chi connectivity index (χ0) is 81.2. The van der Waals surface area contributed by atoms with Gasteiger partial charge in [0, 0.05) is 136 Å². The lowest BCUT2D eigenvalue weighted by Crippen LogP contribution is -2.38. The van der Waals surface area contributed by atoms with Gasteiger partial charge in [-0.25, -0.2) is 58.7 Å². The highest BCUT2D eigenvalue weighted by Crippen LogP contribution is 2.33. The predicted octanol–water partition coefficient (Wildman–Crippen LogP) is 4.91. The smallest absolute Gasteiger partial charge is 0.327 e. The summed E-state index contributed by atoms with van der Waals surface area (Å²) in [6.45, 7) is 11.6. The van der Waals surface area contributed by atoms with Gasteiger partial charge in [0.25, 0.3) is 22.2 Å². The van der Waals surface area contributed by atoms with Gasteiger partial charge in [-0.2, -0.15) is 0 Å². The summed E-state index contributed by atoms with van der Waals surface area (Å²) in [6.07, 6.45) is 16.7. The monoisotopic (exact) mass is 1630 g/mol. The summed E-state index contributed by atoms with van der Waals surface area (Å²) in [5.41, 5.74) is 5.56. The molecule has 0 amide bonds. The zero-order valence-electron chi connectivity index (χ0n) is 65.7. The highest BCUT2D eigenvalue weighted by molar-refractivity contribution is 8.14. The van der Waals surface area contributed by atoms with Crippen LogP contribution in [-0.4, -0.2) is 146 Å². The van der Waals surface area contributed by atoms with Crippen molar-refractivity contribution in [3.8, 4) is 0 Å². The van der Waals surface area contributed by atoms with Crippen LogP contribution in [0.25, 0.3) is 33.5 Å². The van der Waals surface area contributed by atoms with E-state index in [1.165, 1.54) is 148 Å². The van der Waals surface area contributed by atoms with Crippen LogP contribution in [-0.2, 0) is 128 Å². The number of fused-ring (bicyclic) bond motifs is 6. The fraction of sp³-hybridized carbons (Fsp3) is 0.500. The molecule has 10 aromatic rings. The molecule has 0 atom stereocenters. The third-order valence-electron chi connectivity index (χ3n) is 20.3. The summed E-state index contributed by atoms with van der Waals surface area (Å²) in [6, 6.07) is 8.34. The quantitative estimate of drug-likeness (QED) is 0.138. The molecule has 0 spiro atoms. The number of likely N-dealkylation sites (tertiary alicyclic amines) is 1. The van der Waals surface area contributed by atoms with Crippen LogP contribution in [0.15, 0.2) is 106 Å². The van der Waals surface area contributed by atoms with Gasteiger partial charge in [0.15, 0.2) is 22.5 Å². The van der Waals surface area contributed by atoms with Gasteiger partial charge < -0.3 is 18.6 Å². The van der Waals surface area contributed by atoms with E-state index in [1.54, 1.807) is 103 Å². The second-order valence-corrected chi connectivity index (χ2v) is 33.0. The number of hydrogen-bond acceptors (Lipinski definition) is 23. The van der Waals surface area contributed by atoms with Gasteiger partial charge >= 0.3 is 34.1 Å². The van der Waals surface area contributed by atoms with Crippen LogP contribution in [0.4, 0.5) is 17.5 Å². The number of imidazole rings is 3. The van der Waals surface area contributed by atoms with E-state index >= 15 is 0 Å². The Balaban J connectivity index is 0.000000133. The number of benzene rings is 1. The Labute approximate surface area is 664 Å². The van der Waals surface area contributed by atoms with Gasteiger partial charge in [0.1, 0.15) is 43.6 Å². The van der Waals surface area contributed by atoms with Crippen molar-refractivity contribution in [3.05, 3.63) is 185 Å². The van der Waals surface area contributed by atoms with Crippen molar-refractivity contribution in [2.75, 3.05) is 36.9 Å². The first-order valence-corrected chi connectivity index (χ1v) is 40.6. The molecule has 3 fully saturated rings. The molecule has 33 nitrogen and oxygen atoms in total. The van der Waals surface area contributed by atoms with Gasteiger partial charge in [0.2, 0.25) is 0 Å². The van der Waals surface area contributed by atoms with Crippen molar-refractivity contribution < 1.29 is 4.79 Å². The highest BCUT2D eigenvalue weighted by Gasteiger charge is 2.29. The number of carbonyl (C=O) groups excluding carboxylic acids is 1. The number of Topliss-reactive ketones (excluding diaryl/α,β-unsaturated/α-hetero) is 1. The van der Waals surface area contributed by atoms with Crippen molar-refractivity contribution in [1.29, 1.82) is 0 Å². The SMILES string of the molecule is CC(=O)CSC1=Nc2c(c(=O)n(C)c(=O)n2C)C1.CCCSC1=Nc2c(c(=O)n(C)c(=O)n2C)C1.Cc1ccc(Cn2cnc3c2c(=S)n(C)c(=O)n3C)cc1.Cn1c(=O)c2c(ncn2CC2CC2)n(C)c1=O.Cn1c(=S)c2c(ncn2CC2CC2)n(C)c1=O.Cn1c2c(c(=O)n(C)c1=O)CC(SCCN1CCCCC1)=N2. The number of aromatic nitrogens is 18. The van der Waals surface area contributed by atoms with E-state index in [1.807, 2.05) is 9.13 Å². The number of ketones is 1. The van der Waals surface area contributed by atoms with E-state index in [0.717, 1.165) is 82.9 Å². The maximum Gasteiger partial charge on any atom is 0.332 e. The lowest BCUT2D eigenvalue weighted by molar-refractivity contribution is -0.114. The second kappa shape index (κ2) is 35.1. The number of aliphatic imine (C=N–C) groups is 3. The highest BCUT2D eigenvalue weighted by atomic mass is 32.2. The van der Waals surface area contributed by atoms with Crippen LogP contribution < -0.4 is 56.4 Å². The Morgan fingerprint density at radius 1 is 0.438 bits per heavy atom. The molecule has 6 aliphatic rings. The Bertz CT molecular complexity index is 6140. The zero-order valence-corrected chi connectivity index (χ0v) is 69.8. The molecule has 38 heteroatoms. The molecular weight excluding hydrogens is 1530 g/mol. The van der Waals surface area contributed by atoms with Crippen LogP contribution in [0.1, 0.15) is 93.0 Å². The van der Waals surface area contributed by atoms with Crippen LogP contribution >= 0.6 is 59.7 Å². The molecule has 112 heavy (non-hydrogen) atoms. The number of carbonyl (C=O) groups is 1. The molecule has 0 unspecified atom stereocenters. The van der Waals surface area contributed by atoms with Gasteiger partial charge in [-0.05, 0) is 95.0 Å². The van der Waals surface area contributed by atoms with Crippen molar-refractivity contribution in [2.24, 2.45) is 111 Å². The molecule has 4 aliphatic heterocycles. The van der Waals surface area contributed by atoms with Crippen LogP contribution in [0.3, 0.4) is 0 Å². The van der Waals surface area contributed by atoms with E-state index in [9.17, 15) is 52.7 Å². The Morgan fingerprint density at radius 2 is 0.795 bits per heavy atom. The van der Waals surface area contributed by atoms with E-state index in [2.05, 4.69) is 77.5 Å². The minimum absolute atomic E-state index is 0.0560. The number of rotatable bonds is 13. The molecule has 0 bridgehead atoms. The summed E-state index contributed by atoms with van der Waals surface area (Å²) >= 11 is 15.4. The first-order valence-electron chi connectivity index (χ1n) is 36.8. The maximum absolute atomic E-state index is 12.2. The number of hydrogen-bond donors (Lipinski definition) is 0. The van der Waals surface area contributed by atoms with E-state index < -0.39 is 0 Å². The molecule has 2 aliphatic carbocycles. The fourth-order valence-corrected chi connectivity index (χ4v) is 16.5. The molecule has 1 aromatic carbocycles. The molecule has 0 radical (unpaired) electrons. The van der Waals surface area contributed by atoms with Crippen LogP contribution in [0.2, 0.25) is 0 Å². The van der Waals surface area contributed by atoms with Crippen LogP contribution in [0.5, 0.6) is 0 Å². The minimum Gasteiger partial charge on any atom is -0.327 e. The second-order valence-electron chi connectivity index (χ2n) is 28.8. The average molecular weight is 1630 g/mol. The van der Waals surface area contributed by atoms with Crippen molar-refractivity contribution in [2.45, 2.75) is 111 Å². The Kier molecular flexibility index (Phi) is 26.1. The van der Waals surface area contributed by atoms with Crippen molar-refractivity contribution in [3.63, 3.8) is 0 Å². The summed E-state index contributed by atoms with van der Waals surface area (Å²) < 4.78 is 23.3. The largest absolute Gasteiger partial charge is 0.332 e. The fourth-order valence-electron chi connectivity index (χ4n) is 13.3. The number of aryl methyl sites for hydroxylation is 4. The average Bonchev–Trinajstić information content (AvgIpc) is 1.58. The Morgan fingerprint density at radius 3 is 1.21 bits per heavy atom. The Hall–Kier alpha value is -9.76. The molecule has 596 valence electrons. The molecule has 9 aromatic heterocycles. The van der Waals surface area contributed by atoms with Gasteiger partial charge in [-0.3, -0.25) is 78.8 Å². The maximum atomic E-state index is 12.2. The first kappa shape index (κ1) is 83.2. The topological polar surface area (TPSA) is 341 Å². The molecule has 2 saturated carbocycles. The number of nitrogens with zero attached hydrogens (tertiary/aromatic N) is 22. The first-order chi connectivity index (χ1) is 53.2. The minimum atomic E-state index is -0.389. The lowest BCUT2D eigenvalue weighted by Gasteiger charge is -2.25. The van der Waals surface area contributed by atoms with Gasteiger partial charge in [-0.15, -0.1) is 35.3 Å². The standard InChI is InChI=1S/C15H22N4O2S.C15H16N4OS.C11H14N4O2.C11H14N4OS.C11H13N3O3S.C11H15N3O2S/c1-17-13-11(14(20)18(2)15(17)21)10-12(16-13)22-9-8-19-6-4-3-5-7-19;1-10-4-6-11(7-5-10)8-19-9-16-13-12(19)14(21)18(3)15(20)17(13)2;1-13-9-8(10(16)14(2)11(13)17)15(6-12-9)5-7-3-4-7;1-13-9-8(10(17)14(2)11(13)16)15(6-12-9)5-7-3-4-7;1-6(15)5-18-8-4-7-9(12-8)13(2)11(17)14(3)10(7)16;1-4-5-17-8-6-7-9(12-8)13(2)11(16)14(3)10(7)15/h3-10H2,1-2H3;4-7,9H,8H2,1-3H3;2*6-7H,3-5H2,1-2H3;4-5H2,1-3H3;4-6H2,1-3H3. The third-order valence-corrected chi connectivity index (χ3v) is 24.5. The summed E-state index contributed by atoms with van der Waals surface area (Å²) in [5.74, 6) is 5.25. The predicted molar refractivity (Wildman–Crippen MR) is 447 cm³/mol. The summed E-state index contributed by atoms with van der Waals surface area (Å²) in [4.78, 5) is 158. The number of thioether (sulfide) groups is 3. The molecule has 0 N–H and O–H groups in total. The van der Waals surface area contributed by atoms with Crippen molar-refractivity contribution >= 4 is 132 Å². The molecule has 1 saturated heterocycles. The van der Waals surface area contributed by atoms with Crippen LogP contribution in [0, 0.1) is 28.0 Å². The van der Waals surface area contributed by atoms with Gasteiger partial charge in [-0.1, -0.05) is 67.6 Å². The van der Waals surface area contributed by atoms with E-state index in [4.69, 9.17) is 24.4 Å². The molecular formula is C74H94N22O11S5. The van der Waals surface area contributed by atoms with E-state index in [0.29, 0.717) is 108 Å². The number of piperidine rings is 1. The van der Waals surface area contributed by atoms with Gasteiger partial charge in [0.05, 0.1) is 56.6 Å². The summed E-state index contributed by atoms with van der Waals surface area (Å²) in [7, 11) is 19.4. The summed E-state index contributed by atoms with van der Waals surface area (Å²) in [5, 5.41) is 2.59. The third kappa shape index (κ3) is 17.7. The molecule has 16 rings (SSSR count). The normalized spacial score (nSPS) is 14.7. The van der Waals surface area contributed by atoms with E-state index in [-0.39, 0.29) is 62.2 Å². The molecule has 13 heterocycles. The van der Waals surface area contributed by atoms with Crippen molar-refractivity contribution in [1.82, 2.24) is 88.4 Å².